The first-order valence-corrected chi connectivity index (χ1v) is 10.9. The Morgan fingerprint density at radius 1 is 1.15 bits per heavy atom. The van der Waals surface area contributed by atoms with Gasteiger partial charge in [-0.1, -0.05) is 12.1 Å². The minimum atomic E-state index is -3.67. The fourth-order valence-corrected chi connectivity index (χ4v) is 3.64. The first-order chi connectivity index (χ1) is 12.7. The van der Waals surface area contributed by atoms with Crippen LogP contribution in [0, 0.1) is 0 Å². The van der Waals surface area contributed by atoms with E-state index in [4.69, 9.17) is 0 Å². The van der Waals surface area contributed by atoms with Gasteiger partial charge >= 0.3 is 5.97 Å². The van der Waals surface area contributed by atoms with E-state index in [1.165, 1.54) is 24.9 Å². The van der Waals surface area contributed by atoms with Crippen molar-refractivity contribution >= 4 is 45.0 Å². The quantitative estimate of drug-likeness (QED) is 0.559. The number of hydrogen-bond donors (Lipinski definition) is 1. The van der Waals surface area contributed by atoms with E-state index < -0.39 is 21.9 Å². The van der Waals surface area contributed by atoms with Crippen LogP contribution in [0.4, 0.5) is 11.4 Å². The van der Waals surface area contributed by atoms with Gasteiger partial charge in [0.2, 0.25) is 15.9 Å². The third-order valence-corrected chi connectivity index (χ3v) is 5.46. The summed E-state index contributed by atoms with van der Waals surface area (Å²) in [5, 5.41) is 2.60. The molecule has 0 aliphatic heterocycles. The van der Waals surface area contributed by atoms with Crippen molar-refractivity contribution in [3.63, 3.8) is 0 Å². The van der Waals surface area contributed by atoms with Crippen LogP contribution in [0.25, 0.3) is 0 Å². The predicted octanol–water partition coefficient (Wildman–Crippen LogP) is 2.60. The van der Waals surface area contributed by atoms with Crippen molar-refractivity contribution in [3.8, 4) is 0 Å². The molecule has 0 aromatic heterocycles. The Bertz CT molecular complexity index is 944. The lowest BCUT2D eigenvalue weighted by Crippen LogP contribution is -2.37. The van der Waals surface area contributed by atoms with Gasteiger partial charge in [-0.3, -0.25) is 9.10 Å². The van der Waals surface area contributed by atoms with Crippen molar-refractivity contribution in [2.75, 3.05) is 35.8 Å². The number of carbonyl (C=O) groups is 2. The zero-order valence-electron chi connectivity index (χ0n) is 15.1. The van der Waals surface area contributed by atoms with Crippen LogP contribution >= 0.6 is 11.8 Å². The molecule has 2 aromatic carbocycles. The molecule has 2 rings (SSSR count). The number of carbonyl (C=O) groups excluding carboxylic acids is 2. The van der Waals surface area contributed by atoms with Crippen molar-refractivity contribution in [2.45, 2.75) is 4.90 Å². The summed E-state index contributed by atoms with van der Waals surface area (Å²) in [4.78, 5) is 24.9. The lowest BCUT2D eigenvalue weighted by atomic mass is 10.2. The topological polar surface area (TPSA) is 92.8 Å². The standard InChI is InChI=1S/C18H20N2O5S2/c1-25-18(22)13-6-4-7-14(10-13)19-17(21)12-20(27(3,23)24)15-8-5-9-16(11-15)26-2/h4-11H,12H2,1-3H3,(H,19,21). The highest BCUT2D eigenvalue weighted by molar-refractivity contribution is 7.98. The molecule has 0 fully saturated rings. The number of nitrogens with one attached hydrogen (secondary N) is 1. The summed E-state index contributed by atoms with van der Waals surface area (Å²) in [5.41, 5.74) is 1.06. The first-order valence-electron chi connectivity index (χ1n) is 7.84. The second-order valence-electron chi connectivity index (χ2n) is 5.59. The molecule has 0 saturated carbocycles. The average molecular weight is 409 g/mol. The zero-order chi connectivity index (χ0) is 20.0. The molecule has 2 aromatic rings. The second-order valence-corrected chi connectivity index (χ2v) is 8.38. The monoisotopic (exact) mass is 408 g/mol. The number of esters is 1. The molecule has 7 nitrogen and oxygen atoms in total. The lowest BCUT2D eigenvalue weighted by Gasteiger charge is -2.22. The van der Waals surface area contributed by atoms with Gasteiger partial charge < -0.3 is 10.1 Å². The molecule has 0 aliphatic rings. The molecule has 27 heavy (non-hydrogen) atoms. The van der Waals surface area contributed by atoms with Crippen LogP contribution in [0.1, 0.15) is 10.4 Å². The lowest BCUT2D eigenvalue weighted by molar-refractivity contribution is -0.114. The van der Waals surface area contributed by atoms with Crippen LogP contribution < -0.4 is 9.62 Å². The number of anilines is 2. The molecule has 1 amide bonds. The van der Waals surface area contributed by atoms with E-state index in [0.29, 0.717) is 11.4 Å². The minimum Gasteiger partial charge on any atom is -0.465 e. The fourth-order valence-electron chi connectivity index (χ4n) is 2.34. The number of methoxy groups -OCH3 is 1. The molecule has 0 aliphatic carbocycles. The van der Waals surface area contributed by atoms with Crippen LogP contribution in [0.3, 0.4) is 0 Å². The summed E-state index contributed by atoms with van der Waals surface area (Å²) in [6.07, 6.45) is 2.93. The van der Waals surface area contributed by atoms with Gasteiger partial charge in [0.25, 0.3) is 0 Å². The highest BCUT2D eigenvalue weighted by Gasteiger charge is 2.21. The van der Waals surface area contributed by atoms with Gasteiger partial charge in [-0.15, -0.1) is 11.8 Å². The van der Waals surface area contributed by atoms with E-state index in [-0.39, 0.29) is 12.1 Å². The Morgan fingerprint density at radius 3 is 2.48 bits per heavy atom. The van der Waals surface area contributed by atoms with E-state index in [0.717, 1.165) is 15.5 Å². The summed E-state index contributed by atoms with van der Waals surface area (Å²) in [5.74, 6) is -1.06. The largest absolute Gasteiger partial charge is 0.465 e. The van der Waals surface area contributed by atoms with Gasteiger partial charge in [0.15, 0.2) is 0 Å². The molecular weight excluding hydrogens is 388 g/mol. The smallest absolute Gasteiger partial charge is 0.337 e. The van der Waals surface area contributed by atoms with E-state index in [1.807, 2.05) is 12.3 Å². The molecule has 9 heteroatoms. The number of sulfonamides is 1. The molecule has 0 spiro atoms. The van der Waals surface area contributed by atoms with Gasteiger partial charge in [-0.2, -0.15) is 0 Å². The van der Waals surface area contributed by atoms with E-state index in [1.54, 1.807) is 36.4 Å². The molecule has 0 unspecified atom stereocenters. The molecule has 0 heterocycles. The molecular formula is C18H20N2O5S2. The fraction of sp³-hybridized carbons (Fsp3) is 0.222. The molecule has 0 bridgehead atoms. The Morgan fingerprint density at radius 2 is 1.85 bits per heavy atom. The predicted molar refractivity (Wildman–Crippen MR) is 107 cm³/mol. The van der Waals surface area contributed by atoms with Gasteiger partial charge in [0, 0.05) is 10.6 Å². The highest BCUT2D eigenvalue weighted by atomic mass is 32.2. The summed E-state index contributed by atoms with van der Waals surface area (Å²) < 4.78 is 30.0. The maximum Gasteiger partial charge on any atom is 0.337 e. The number of nitrogens with zero attached hydrogens (tertiary/aromatic N) is 1. The Hall–Kier alpha value is -2.52. The van der Waals surface area contributed by atoms with Gasteiger partial charge in [0.05, 0.1) is 24.6 Å². The van der Waals surface area contributed by atoms with Crippen molar-refractivity contribution in [3.05, 3.63) is 54.1 Å². The number of rotatable bonds is 7. The number of benzene rings is 2. The van der Waals surface area contributed by atoms with Gasteiger partial charge in [-0.05, 0) is 42.7 Å². The molecule has 144 valence electrons. The summed E-state index contributed by atoms with van der Waals surface area (Å²) in [7, 11) is -2.40. The third-order valence-electron chi connectivity index (χ3n) is 3.60. The molecule has 0 radical (unpaired) electrons. The van der Waals surface area contributed by atoms with E-state index in [9.17, 15) is 18.0 Å². The summed E-state index contributed by atoms with van der Waals surface area (Å²) >= 11 is 1.47. The number of thioether (sulfide) groups is 1. The van der Waals surface area contributed by atoms with Crippen molar-refractivity contribution in [2.24, 2.45) is 0 Å². The van der Waals surface area contributed by atoms with Crippen molar-refractivity contribution < 1.29 is 22.7 Å². The maximum absolute atomic E-state index is 12.4. The Labute approximate surface area is 162 Å². The van der Waals surface area contributed by atoms with Crippen molar-refractivity contribution in [1.29, 1.82) is 0 Å². The number of hydrogen-bond acceptors (Lipinski definition) is 6. The Kier molecular flexibility index (Phi) is 6.86. The normalized spacial score (nSPS) is 10.9. The molecule has 0 atom stereocenters. The Balaban J connectivity index is 2.21. The van der Waals surface area contributed by atoms with Crippen LogP contribution in [0.2, 0.25) is 0 Å². The maximum atomic E-state index is 12.4. The minimum absolute atomic E-state index is 0.281. The van der Waals surface area contributed by atoms with Crippen LogP contribution in [-0.4, -0.2) is 46.5 Å². The zero-order valence-corrected chi connectivity index (χ0v) is 16.8. The summed E-state index contributed by atoms with van der Waals surface area (Å²) in [6.45, 7) is -0.390. The van der Waals surface area contributed by atoms with E-state index >= 15 is 0 Å². The van der Waals surface area contributed by atoms with Crippen LogP contribution in [0.5, 0.6) is 0 Å². The average Bonchev–Trinajstić information content (AvgIpc) is 2.64. The SMILES string of the molecule is COC(=O)c1cccc(NC(=O)CN(c2cccc(SC)c2)S(C)(=O)=O)c1. The van der Waals surface area contributed by atoms with Crippen molar-refractivity contribution in [1.82, 2.24) is 0 Å². The first kappa shape index (κ1) is 20.8. The second kappa shape index (κ2) is 8.92. The molecule has 1 N–H and O–H groups in total. The number of amides is 1. The number of ether oxygens (including phenoxy) is 1. The van der Waals surface area contributed by atoms with Gasteiger partial charge in [-0.25, -0.2) is 13.2 Å². The molecule has 0 saturated heterocycles. The summed E-state index contributed by atoms with van der Waals surface area (Å²) in [6, 6.07) is 13.1. The highest BCUT2D eigenvalue weighted by Crippen LogP contribution is 2.24. The van der Waals surface area contributed by atoms with E-state index in [2.05, 4.69) is 10.1 Å². The van der Waals surface area contributed by atoms with Gasteiger partial charge in [0.1, 0.15) is 6.54 Å². The third kappa shape index (κ3) is 5.73. The van der Waals surface area contributed by atoms with Crippen LogP contribution in [-0.2, 0) is 19.6 Å². The van der Waals surface area contributed by atoms with Crippen LogP contribution in [0.15, 0.2) is 53.4 Å².